The van der Waals surface area contributed by atoms with Crippen LogP contribution in [0.15, 0.2) is 42.5 Å². The van der Waals surface area contributed by atoms with Crippen molar-refractivity contribution in [2.75, 3.05) is 23.7 Å². The highest BCUT2D eigenvalue weighted by atomic mass is 35.5. The summed E-state index contributed by atoms with van der Waals surface area (Å²) in [5, 5.41) is 3.48. The summed E-state index contributed by atoms with van der Waals surface area (Å²) in [6, 6.07) is 11.1. The van der Waals surface area contributed by atoms with Gasteiger partial charge in [-0.15, -0.1) is 0 Å². The number of sulfonamides is 1. The highest BCUT2D eigenvalue weighted by molar-refractivity contribution is 7.92. The summed E-state index contributed by atoms with van der Waals surface area (Å²) >= 11 is 12.1. The van der Waals surface area contributed by atoms with Crippen molar-refractivity contribution in [3.05, 3.63) is 63.6 Å². The van der Waals surface area contributed by atoms with Crippen LogP contribution in [0.1, 0.15) is 38.3 Å². The van der Waals surface area contributed by atoms with Crippen LogP contribution in [-0.4, -0.2) is 50.5 Å². The molecule has 1 N–H and O–H groups in total. The Hall–Kier alpha value is -2.29. The van der Waals surface area contributed by atoms with Gasteiger partial charge in [0.2, 0.25) is 21.8 Å². The summed E-state index contributed by atoms with van der Waals surface area (Å²) in [5.74, 6) is -0.844. The van der Waals surface area contributed by atoms with Gasteiger partial charge in [0.15, 0.2) is 0 Å². The zero-order valence-electron chi connectivity index (χ0n) is 19.8. The van der Waals surface area contributed by atoms with Crippen LogP contribution in [-0.2, 0) is 32.6 Å². The van der Waals surface area contributed by atoms with Crippen LogP contribution in [0.4, 0.5) is 5.69 Å². The Morgan fingerprint density at radius 2 is 1.62 bits per heavy atom. The third-order valence-corrected chi connectivity index (χ3v) is 7.24. The SMILES string of the molecule is CCCNC(=O)[C@@H](C)N(Cc1ccc(Cl)c(Cl)c1)C(=O)CN(c1ccc(CC)cc1)S(C)(=O)=O. The Morgan fingerprint density at radius 3 is 2.15 bits per heavy atom. The summed E-state index contributed by atoms with van der Waals surface area (Å²) < 4.78 is 26.2. The topological polar surface area (TPSA) is 86.8 Å². The fourth-order valence-corrected chi connectivity index (χ4v) is 4.50. The molecule has 10 heteroatoms. The zero-order valence-corrected chi connectivity index (χ0v) is 22.2. The van der Waals surface area contributed by atoms with Gasteiger partial charge < -0.3 is 10.2 Å². The Kier molecular flexibility index (Phi) is 10.2. The molecule has 2 aromatic rings. The minimum Gasteiger partial charge on any atom is -0.354 e. The van der Waals surface area contributed by atoms with Crippen molar-refractivity contribution in [1.29, 1.82) is 0 Å². The van der Waals surface area contributed by atoms with E-state index < -0.39 is 28.5 Å². The fraction of sp³-hybridized carbons (Fsp3) is 0.417. The molecule has 2 aromatic carbocycles. The summed E-state index contributed by atoms with van der Waals surface area (Å²) in [4.78, 5) is 27.5. The van der Waals surface area contributed by atoms with Crippen LogP contribution in [0.25, 0.3) is 0 Å². The van der Waals surface area contributed by atoms with Crippen molar-refractivity contribution < 1.29 is 18.0 Å². The lowest BCUT2D eigenvalue weighted by molar-refractivity contribution is -0.139. The number of carbonyl (C=O) groups excluding carboxylic acids is 2. The number of nitrogens with zero attached hydrogens (tertiary/aromatic N) is 2. The van der Waals surface area contributed by atoms with E-state index in [0.717, 1.165) is 29.0 Å². The molecule has 34 heavy (non-hydrogen) atoms. The normalized spacial score (nSPS) is 12.2. The molecule has 0 aliphatic heterocycles. The molecule has 0 aliphatic rings. The van der Waals surface area contributed by atoms with Gasteiger partial charge in [-0.3, -0.25) is 13.9 Å². The lowest BCUT2D eigenvalue weighted by Gasteiger charge is -2.31. The third kappa shape index (κ3) is 7.61. The van der Waals surface area contributed by atoms with Gasteiger partial charge in [-0.1, -0.05) is 55.2 Å². The van der Waals surface area contributed by atoms with Gasteiger partial charge in [0.1, 0.15) is 12.6 Å². The Balaban J connectivity index is 2.38. The number of amides is 2. The summed E-state index contributed by atoms with van der Waals surface area (Å²) in [7, 11) is -3.76. The van der Waals surface area contributed by atoms with E-state index in [4.69, 9.17) is 23.2 Å². The molecular formula is C24H31Cl2N3O4S. The molecule has 0 fully saturated rings. The number of hydrogen-bond donors (Lipinski definition) is 1. The highest BCUT2D eigenvalue weighted by Gasteiger charge is 2.30. The Morgan fingerprint density at radius 1 is 1.00 bits per heavy atom. The van der Waals surface area contributed by atoms with Crippen molar-refractivity contribution >= 4 is 50.7 Å². The number of carbonyl (C=O) groups is 2. The maximum atomic E-state index is 13.5. The van der Waals surface area contributed by atoms with E-state index >= 15 is 0 Å². The third-order valence-electron chi connectivity index (χ3n) is 5.37. The van der Waals surface area contributed by atoms with Gasteiger partial charge in [0.05, 0.1) is 22.0 Å². The standard InChI is InChI=1S/C24H31Cl2N3O4S/c1-5-13-27-24(31)17(3)28(15-19-9-12-21(25)22(26)14-19)23(30)16-29(34(4,32)33)20-10-7-18(6-2)8-11-20/h7-12,14,17H,5-6,13,15-16H2,1-4H3,(H,27,31)/t17-/m1/s1. The van der Waals surface area contributed by atoms with Crippen molar-refractivity contribution in [1.82, 2.24) is 10.2 Å². The first kappa shape index (κ1) is 28.0. The Bertz CT molecular complexity index is 1110. The molecule has 0 aromatic heterocycles. The molecule has 1 atom stereocenters. The Labute approximate surface area is 212 Å². The molecule has 0 bridgehead atoms. The first-order valence-electron chi connectivity index (χ1n) is 11.1. The number of hydrogen-bond acceptors (Lipinski definition) is 4. The summed E-state index contributed by atoms with van der Waals surface area (Å²) in [6.45, 7) is 5.62. The number of anilines is 1. The molecule has 0 saturated heterocycles. The molecular weight excluding hydrogens is 497 g/mol. The molecule has 0 spiro atoms. The molecule has 0 heterocycles. The van der Waals surface area contributed by atoms with E-state index in [1.807, 2.05) is 26.0 Å². The van der Waals surface area contributed by atoms with E-state index in [2.05, 4.69) is 5.32 Å². The van der Waals surface area contributed by atoms with E-state index in [0.29, 0.717) is 27.8 Å². The zero-order chi connectivity index (χ0) is 25.5. The molecule has 0 aliphatic carbocycles. The van der Waals surface area contributed by atoms with Crippen LogP contribution < -0.4 is 9.62 Å². The molecule has 7 nitrogen and oxygen atoms in total. The monoisotopic (exact) mass is 527 g/mol. The number of rotatable bonds is 11. The van der Waals surface area contributed by atoms with E-state index in [1.165, 1.54) is 4.90 Å². The maximum Gasteiger partial charge on any atom is 0.244 e. The van der Waals surface area contributed by atoms with Crippen LogP contribution in [0.3, 0.4) is 0 Å². The molecule has 186 valence electrons. The largest absolute Gasteiger partial charge is 0.354 e. The van der Waals surface area contributed by atoms with Gasteiger partial charge in [0, 0.05) is 13.1 Å². The second-order valence-corrected chi connectivity index (χ2v) is 10.7. The van der Waals surface area contributed by atoms with Crippen LogP contribution in [0, 0.1) is 0 Å². The van der Waals surface area contributed by atoms with E-state index in [-0.39, 0.29) is 12.5 Å². The second-order valence-electron chi connectivity index (χ2n) is 8.03. The van der Waals surface area contributed by atoms with Crippen LogP contribution in [0.5, 0.6) is 0 Å². The average Bonchev–Trinajstić information content (AvgIpc) is 2.80. The quantitative estimate of drug-likeness (QED) is 0.472. The van der Waals surface area contributed by atoms with Gasteiger partial charge >= 0.3 is 0 Å². The van der Waals surface area contributed by atoms with Crippen molar-refractivity contribution in [2.45, 2.75) is 46.2 Å². The minimum atomic E-state index is -3.76. The van der Waals surface area contributed by atoms with Gasteiger partial charge in [-0.25, -0.2) is 8.42 Å². The molecule has 2 amide bonds. The minimum absolute atomic E-state index is 0.0583. The number of halogens is 2. The molecule has 0 unspecified atom stereocenters. The number of nitrogens with one attached hydrogen (secondary N) is 1. The lowest BCUT2D eigenvalue weighted by Crippen LogP contribution is -2.51. The lowest BCUT2D eigenvalue weighted by atomic mass is 10.1. The van der Waals surface area contributed by atoms with Gasteiger partial charge in [0.25, 0.3) is 0 Å². The predicted molar refractivity (Wildman–Crippen MR) is 138 cm³/mol. The summed E-state index contributed by atoms with van der Waals surface area (Å²) in [5.41, 5.74) is 2.09. The predicted octanol–water partition coefficient (Wildman–Crippen LogP) is 4.27. The molecule has 0 radical (unpaired) electrons. The van der Waals surface area contributed by atoms with Crippen LogP contribution >= 0.6 is 23.2 Å². The van der Waals surface area contributed by atoms with Gasteiger partial charge in [-0.2, -0.15) is 0 Å². The first-order valence-corrected chi connectivity index (χ1v) is 13.7. The van der Waals surface area contributed by atoms with E-state index in [9.17, 15) is 18.0 Å². The average molecular weight is 529 g/mol. The van der Waals surface area contributed by atoms with Crippen molar-refractivity contribution in [3.63, 3.8) is 0 Å². The second kappa shape index (κ2) is 12.4. The van der Waals surface area contributed by atoms with Crippen LogP contribution in [0.2, 0.25) is 10.0 Å². The van der Waals surface area contributed by atoms with E-state index in [1.54, 1.807) is 37.3 Å². The van der Waals surface area contributed by atoms with Gasteiger partial charge in [-0.05, 0) is 55.2 Å². The first-order chi connectivity index (χ1) is 16.0. The number of aryl methyl sites for hydroxylation is 1. The van der Waals surface area contributed by atoms with Crippen molar-refractivity contribution in [3.8, 4) is 0 Å². The maximum absolute atomic E-state index is 13.5. The fourth-order valence-electron chi connectivity index (χ4n) is 3.32. The van der Waals surface area contributed by atoms with Crippen molar-refractivity contribution in [2.24, 2.45) is 0 Å². The smallest absolute Gasteiger partial charge is 0.244 e. The summed E-state index contributed by atoms with van der Waals surface area (Å²) in [6.07, 6.45) is 2.60. The molecule has 0 saturated carbocycles. The number of benzene rings is 2. The molecule has 2 rings (SSSR count). The highest BCUT2D eigenvalue weighted by Crippen LogP contribution is 2.24.